The third-order valence-electron chi connectivity index (χ3n) is 5.40. The molecule has 3 aromatic rings. The van der Waals surface area contributed by atoms with Crippen molar-refractivity contribution in [2.75, 3.05) is 32.2 Å². The molecule has 1 N–H and O–H groups in total. The van der Waals surface area contributed by atoms with Crippen molar-refractivity contribution in [3.8, 4) is 17.5 Å². The van der Waals surface area contributed by atoms with Crippen LogP contribution in [0.2, 0.25) is 5.02 Å². The summed E-state index contributed by atoms with van der Waals surface area (Å²) in [7, 11) is 2.99. The van der Waals surface area contributed by atoms with Gasteiger partial charge in [0.1, 0.15) is 11.6 Å². The molecule has 0 bridgehead atoms. The second kappa shape index (κ2) is 9.91. The number of benzene rings is 1. The Bertz CT molecular complexity index is 1090. The van der Waals surface area contributed by atoms with Gasteiger partial charge >= 0.3 is 0 Å². The predicted octanol–water partition coefficient (Wildman–Crippen LogP) is 3.82. The molecule has 0 spiro atoms. The molecular weight excluding hydrogens is 446 g/mol. The molecule has 1 aliphatic rings. The highest BCUT2D eigenvalue weighted by Gasteiger charge is 2.23. The molecule has 0 aliphatic carbocycles. The minimum absolute atomic E-state index is 0.0307. The third-order valence-corrected chi connectivity index (χ3v) is 5.76. The maximum atomic E-state index is 12.7. The first-order valence-electron chi connectivity index (χ1n) is 10.5. The zero-order valence-corrected chi connectivity index (χ0v) is 19.1. The minimum atomic E-state index is -0.0406. The largest absolute Gasteiger partial charge is 0.508 e. The number of aromatic hydroxyl groups is 1. The van der Waals surface area contributed by atoms with Gasteiger partial charge in [-0.1, -0.05) is 17.7 Å². The number of phenolic OH excluding ortho intramolecular Hbond substituents is 1. The average molecular weight is 470 g/mol. The fraction of sp³-hybridized carbons (Fsp3) is 0.304. The van der Waals surface area contributed by atoms with Crippen molar-refractivity contribution in [1.82, 2.24) is 19.9 Å². The number of rotatable bonds is 7. The molecule has 1 amide bonds. The number of methoxy groups -OCH3 is 2. The number of hydrogen-bond acceptors (Lipinski definition) is 8. The van der Waals surface area contributed by atoms with E-state index in [1.54, 1.807) is 41.3 Å². The number of anilines is 2. The molecule has 0 radical (unpaired) electrons. The van der Waals surface area contributed by atoms with Gasteiger partial charge in [-0.2, -0.15) is 9.97 Å². The fourth-order valence-corrected chi connectivity index (χ4v) is 3.84. The van der Waals surface area contributed by atoms with E-state index in [0.29, 0.717) is 33.7 Å². The maximum Gasteiger partial charge on any atom is 0.255 e. The number of nitrogens with zero attached hydrogens (tertiary/aromatic N) is 5. The van der Waals surface area contributed by atoms with E-state index in [2.05, 4.69) is 15.0 Å². The standard InChI is InChI=1S/C23H24ClN5O4/c1-32-20-12-21(33-2)27-23(26-20)29(14-16-17(24)6-5-7-18(16)30)19-9-8-15(13-25-19)22(31)28-10-3-4-11-28/h5-9,12-13,30H,3-4,10-11,14H2,1-2H3. The lowest BCUT2D eigenvalue weighted by molar-refractivity contribution is 0.0792. The van der Waals surface area contributed by atoms with Crippen molar-refractivity contribution in [3.05, 3.63) is 58.7 Å². The van der Waals surface area contributed by atoms with Gasteiger partial charge in [0.15, 0.2) is 0 Å². The van der Waals surface area contributed by atoms with Gasteiger partial charge in [-0.15, -0.1) is 0 Å². The van der Waals surface area contributed by atoms with E-state index in [1.807, 2.05) is 4.90 Å². The van der Waals surface area contributed by atoms with Crippen LogP contribution >= 0.6 is 11.6 Å². The molecule has 0 saturated carbocycles. The van der Waals surface area contributed by atoms with Gasteiger partial charge < -0.3 is 19.5 Å². The lowest BCUT2D eigenvalue weighted by Gasteiger charge is -2.24. The Labute approximate surface area is 196 Å². The lowest BCUT2D eigenvalue weighted by Crippen LogP contribution is -2.28. The first kappa shape index (κ1) is 22.6. The van der Waals surface area contributed by atoms with Gasteiger partial charge in [0.05, 0.1) is 32.4 Å². The SMILES string of the molecule is COc1cc(OC)nc(N(Cc2c(O)cccc2Cl)c2ccc(C(=O)N3CCCC3)cn2)n1. The zero-order valence-electron chi connectivity index (χ0n) is 18.4. The summed E-state index contributed by atoms with van der Waals surface area (Å²) in [5, 5.41) is 10.8. The minimum Gasteiger partial charge on any atom is -0.508 e. The molecule has 4 rings (SSSR count). The molecule has 0 atom stereocenters. The van der Waals surface area contributed by atoms with Gasteiger partial charge in [0.2, 0.25) is 17.7 Å². The van der Waals surface area contributed by atoms with Crippen LogP contribution in [0.1, 0.15) is 28.8 Å². The van der Waals surface area contributed by atoms with Crippen molar-refractivity contribution < 1.29 is 19.4 Å². The number of hydrogen-bond donors (Lipinski definition) is 1. The van der Waals surface area contributed by atoms with E-state index >= 15 is 0 Å². The summed E-state index contributed by atoms with van der Waals surface area (Å²) in [6.45, 7) is 1.64. The van der Waals surface area contributed by atoms with E-state index in [9.17, 15) is 9.90 Å². The van der Waals surface area contributed by atoms with Crippen LogP contribution in [0.25, 0.3) is 0 Å². The summed E-state index contributed by atoms with van der Waals surface area (Å²) in [6.07, 6.45) is 3.57. The highest BCUT2D eigenvalue weighted by molar-refractivity contribution is 6.31. The number of carbonyl (C=O) groups is 1. The number of aromatic nitrogens is 3. The van der Waals surface area contributed by atoms with Gasteiger partial charge in [0, 0.05) is 29.9 Å². The summed E-state index contributed by atoms with van der Waals surface area (Å²) in [5.74, 6) is 1.28. The molecule has 1 aromatic carbocycles. The van der Waals surface area contributed by atoms with E-state index in [-0.39, 0.29) is 24.1 Å². The number of ether oxygens (including phenoxy) is 2. The molecule has 3 heterocycles. The third kappa shape index (κ3) is 4.93. The van der Waals surface area contributed by atoms with Crippen molar-refractivity contribution in [3.63, 3.8) is 0 Å². The number of carbonyl (C=O) groups excluding carboxylic acids is 1. The van der Waals surface area contributed by atoms with Crippen LogP contribution in [0.4, 0.5) is 11.8 Å². The van der Waals surface area contributed by atoms with Crippen LogP contribution in [-0.2, 0) is 6.54 Å². The molecular formula is C23H24ClN5O4. The number of phenols is 1. The molecule has 2 aromatic heterocycles. The lowest BCUT2D eigenvalue weighted by atomic mass is 10.2. The first-order valence-corrected chi connectivity index (χ1v) is 10.8. The summed E-state index contributed by atoms with van der Waals surface area (Å²) >= 11 is 6.36. The second-order valence-corrected chi connectivity index (χ2v) is 7.89. The Balaban J connectivity index is 1.73. The van der Waals surface area contributed by atoms with Gasteiger partial charge in [0.25, 0.3) is 5.91 Å². The van der Waals surface area contributed by atoms with Crippen LogP contribution in [0.3, 0.4) is 0 Å². The van der Waals surface area contributed by atoms with Crippen molar-refractivity contribution in [1.29, 1.82) is 0 Å². The predicted molar refractivity (Wildman–Crippen MR) is 123 cm³/mol. The van der Waals surface area contributed by atoms with Crippen molar-refractivity contribution >= 4 is 29.3 Å². The fourth-order valence-electron chi connectivity index (χ4n) is 3.61. The molecule has 172 valence electrons. The quantitative estimate of drug-likeness (QED) is 0.557. The maximum absolute atomic E-state index is 12.7. The Morgan fingerprint density at radius 1 is 1.12 bits per heavy atom. The van der Waals surface area contributed by atoms with Crippen LogP contribution in [0.5, 0.6) is 17.5 Å². The normalized spacial score (nSPS) is 13.1. The molecule has 1 fully saturated rings. The van der Waals surface area contributed by atoms with E-state index in [4.69, 9.17) is 21.1 Å². The Hall–Kier alpha value is -3.59. The Morgan fingerprint density at radius 3 is 2.39 bits per heavy atom. The highest BCUT2D eigenvalue weighted by Crippen LogP contribution is 2.32. The van der Waals surface area contributed by atoms with Gasteiger partial charge in [-0.05, 0) is 37.1 Å². The molecule has 1 saturated heterocycles. The molecule has 9 nitrogen and oxygen atoms in total. The topological polar surface area (TPSA) is 101 Å². The highest BCUT2D eigenvalue weighted by atomic mass is 35.5. The van der Waals surface area contributed by atoms with Crippen LogP contribution < -0.4 is 14.4 Å². The molecule has 0 unspecified atom stereocenters. The smallest absolute Gasteiger partial charge is 0.255 e. The van der Waals surface area contributed by atoms with Gasteiger partial charge in [-0.25, -0.2) is 4.98 Å². The van der Waals surface area contributed by atoms with Crippen molar-refractivity contribution in [2.45, 2.75) is 19.4 Å². The van der Waals surface area contributed by atoms with Crippen molar-refractivity contribution in [2.24, 2.45) is 0 Å². The van der Waals surface area contributed by atoms with Crippen LogP contribution in [-0.4, -0.2) is 58.2 Å². The number of likely N-dealkylation sites (tertiary alicyclic amines) is 1. The van der Waals surface area contributed by atoms with Crippen LogP contribution in [0.15, 0.2) is 42.6 Å². The first-order chi connectivity index (χ1) is 16.0. The zero-order chi connectivity index (χ0) is 23.4. The average Bonchev–Trinajstić information content (AvgIpc) is 3.38. The van der Waals surface area contributed by atoms with E-state index in [1.165, 1.54) is 20.4 Å². The molecule has 1 aliphatic heterocycles. The summed E-state index contributed by atoms with van der Waals surface area (Å²) in [5.41, 5.74) is 0.980. The van der Waals surface area contributed by atoms with Crippen LogP contribution in [0, 0.1) is 0 Å². The second-order valence-electron chi connectivity index (χ2n) is 7.48. The summed E-state index contributed by atoms with van der Waals surface area (Å²) in [4.78, 5) is 29.6. The monoisotopic (exact) mass is 469 g/mol. The van der Waals surface area contributed by atoms with E-state index in [0.717, 1.165) is 25.9 Å². The van der Waals surface area contributed by atoms with E-state index < -0.39 is 0 Å². The number of pyridine rings is 1. The molecule has 10 heteroatoms. The summed E-state index contributed by atoms with van der Waals surface area (Å²) < 4.78 is 10.6. The number of halogens is 1. The van der Waals surface area contributed by atoms with Gasteiger partial charge in [-0.3, -0.25) is 9.69 Å². The summed E-state index contributed by atoms with van der Waals surface area (Å²) in [6, 6.07) is 9.89. The Kier molecular flexibility index (Phi) is 6.79. The molecule has 33 heavy (non-hydrogen) atoms. The number of amides is 1. The Morgan fingerprint density at radius 2 is 1.82 bits per heavy atom.